The molecular formula is C10H8ClFO. The van der Waals surface area contributed by atoms with Crippen molar-refractivity contribution in [3.63, 3.8) is 0 Å². The van der Waals surface area contributed by atoms with E-state index in [1.165, 1.54) is 6.07 Å². The number of rotatable bonds is 2. The lowest BCUT2D eigenvalue weighted by molar-refractivity contribution is 0.112. The molecule has 1 aromatic rings. The minimum atomic E-state index is -0.520. The molecule has 0 unspecified atom stereocenters. The van der Waals surface area contributed by atoms with Gasteiger partial charge in [0.1, 0.15) is 5.82 Å². The van der Waals surface area contributed by atoms with Crippen LogP contribution in [0.15, 0.2) is 12.1 Å². The Morgan fingerprint density at radius 2 is 2.15 bits per heavy atom. The Balaban J connectivity index is 2.56. The fourth-order valence-corrected chi connectivity index (χ4v) is 1.67. The third kappa shape index (κ3) is 1.46. The first-order valence-electron chi connectivity index (χ1n) is 4.17. The van der Waals surface area contributed by atoms with Crippen molar-refractivity contribution in [3.8, 4) is 0 Å². The normalized spacial score (nSPS) is 15.8. The number of halogens is 2. The van der Waals surface area contributed by atoms with E-state index in [1.54, 1.807) is 6.07 Å². The molecule has 0 radical (unpaired) electrons. The van der Waals surface area contributed by atoms with Crippen LogP contribution in [0.3, 0.4) is 0 Å². The lowest BCUT2D eigenvalue weighted by atomic mass is 10.0. The van der Waals surface area contributed by atoms with E-state index in [1.807, 2.05) is 0 Å². The molecule has 1 saturated carbocycles. The zero-order valence-electron chi connectivity index (χ0n) is 6.89. The number of carbonyl (C=O) groups excluding carboxylic acids is 1. The first-order valence-corrected chi connectivity index (χ1v) is 4.55. The zero-order chi connectivity index (χ0) is 9.42. The summed E-state index contributed by atoms with van der Waals surface area (Å²) >= 11 is 5.66. The molecule has 68 valence electrons. The number of hydrogen-bond donors (Lipinski definition) is 0. The van der Waals surface area contributed by atoms with Gasteiger partial charge in [0.2, 0.25) is 0 Å². The zero-order valence-corrected chi connectivity index (χ0v) is 7.64. The molecule has 1 fully saturated rings. The highest BCUT2D eigenvalue weighted by Crippen LogP contribution is 2.42. The summed E-state index contributed by atoms with van der Waals surface area (Å²) < 4.78 is 12.9. The summed E-state index contributed by atoms with van der Waals surface area (Å²) in [4.78, 5) is 10.7. The molecule has 0 amide bonds. The van der Waals surface area contributed by atoms with Gasteiger partial charge in [-0.2, -0.15) is 0 Å². The molecule has 0 spiro atoms. The minimum absolute atomic E-state index is 0.0422. The van der Waals surface area contributed by atoms with Gasteiger partial charge in [0.05, 0.1) is 5.02 Å². The smallest absolute Gasteiger partial charge is 0.151 e. The molecule has 1 nitrogen and oxygen atoms in total. The average Bonchev–Trinajstić information content (AvgIpc) is 2.92. The Morgan fingerprint density at radius 3 is 2.69 bits per heavy atom. The SMILES string of the molecule is O=Cc1c(C2CC2)ccc(F)c1Cl. The maximum atomic E-state index is 12.9. The second-order valence-corrected chi connectivity index (χ2v) is 3.63. The van der Waals surface area contributed by atoms with Crippen LogP contribution in [-0.2, 0) is 0 Å². The standard InChI is InChI=1S/C10H8ClFO/c11-10-8(5-13)7(6-1-2-6)3-4-9(10)12/h3-6H,1-2H2. The van der Waals surface area contributed by atoms with E-state index >= 15 is 0 Å². The summed E-state index contributed by atoms with van der Waals surface area (Å²) in [5.41, 5.74) is 1.21. The van der Waals surface area contributed by atoms with Crippen molar-refractivity contribution in [2.75, 3.05) is 0 Å². The molecule has 0 aliphatic heterocycles. The predicted molar refractivity (Wildman–Crippen MR) is 48.8 cm³/mol. The molecule has 0 bridgehead atoms. The predicted octanol–water partition coefficient (Wildman–Crippen LogP) is 3.17. The highest BCUT2D eigenvalue weighted by atomic mass is 35.5. The minimum Gasteiger partial charge on any atom is -0.298 e. The van der Waals surface area contributed by atoms with Crippen molar-refractivity contribution in [3.05, 3.63) is 34.1 Å². The van der Waals surface area contributed by atoms with Crippen molar-refractivity contribution in [2.45, 2.75) is 18.8 Å². The van der Waals surface area contributed by atoms with Gasteiger partial charge < -0.3 is 0 Å². The number of benzene rings is 1. The molecular weight excluding hydrogens is 191 g/mol. The number of hydrogen-bond acceptors (Lipinski definition) is 1. The van der Waals surface area contributed by atoms with Crippen LogP contribution in [0, 0.1) is 5.82 Å². The molecule has 0 saturated heterocycles. The second kappa shape index (κ2) is 3.11. The fourth-order valence-electron chi connectivity index (χ4n) is 1.45. The third-order valence-electron chi connectivity index (χ3n) is 2.30. The largest absolute Gasteiger partial charge is 0.298 e. The first-order chi connectivity index (χ1) is 6.24. The molecule has 0 atom stereocenters. The van der Waals surface area contributed by atoms with Crippen LogP contribution in [0.25, 0.3) is 0 Å². The summed E-state index contributed by atoms with van der Waals surface area (Å²) in [5.74, 6) is -0.105. The number of aldehydes is 1. The molecule has 0 aromatic heterocycles. The lowest BCUT2D eigenvalue weighted by Crippen LogP contribution is -1.94. The molecule has 13 heavy (non-hydrogen) atoms. The van der Waals surface area contributed by atoms with Crippen LogP contribution in [0.2, 0.25) is 5.02 Å². The highest BCUT2D eigenvalue weighted by Gasteiger charge is 2.27. The topological polar surface area (TPSA) is 17.1 Å². The van der Waals surface area contributed by atoms with Gasteiger partial charge in [0.15, 0.2) is 6.29 Å². The van der Waals surface area contributed by atoms with Gasteiger partial charge in [0, 0.05) is 5.56 Å². The Morgan fingerprint density at radius 1 is 1.46 bits per heavy atom. The van der Waals surface area contributed by atoms with E-state index < -0.39 is 5.82 Å². The number of carbonyl (C=O) groups is 1. The van der Waals surface area contributed by atoms with Crippen LogP contribution in [-0.4, -0.2) is 6.29 Å². The second-order valence-electron chi connectivity index (χ2n) is 3.26. The molecule has 0 heterocycles. The quantitative estimate of drug-likeness (QED) is 0.668. The summed E-state index contributed by atoms with van der Waals surface area (Å²) in [6.07, 6.45) is 2.78. The van der Waals surface area contributed by atoms with E-state index in [4.69, 9.17) is 11.6 Å². The molecule has 1 aromatic carbocycles. The van der Waals surface area contributed by atoms with Crippen LogP contribution >= 0.6 is 11.6 Å². The van der Waals surface area contributed by atoms with Gasteiger partial charge in [0.25, 0.3) is 0 Å². The Kier molecular flexibility index (Phi) is 2.08. The van der Waals surface area contributed by atoms with Crippen molar-refractivity contribution < 1.29 is 9.18 Å². The van der Waals surface area contributed by atoms with Gasteiger partial charge in [-0.25, -0.2) is 4.39 Å². The molecule has 0 N–H and O–H groups in total. The summed E-state index contributed by atoms with van der Waals surface area (Å²) in [5, 5.41) is -0.0422. The van der Waals surface area contributed by atoms with E-state index in [2.05, 4.69) is 0 Å². The lowest BCUT2D eigenvalue weighted by Gasteiger charge is -2.04. The van der Waals surface area contributed by atoms with Crippen LogP contribution in [0.4, 0.5) is 4.39 Å². The Labute approximate surface area is 80.5 Å². The third-order valence-corrected chi connectivity index (χ3v) is 2.69. The Hall–Kier alpha value is -0.890. The molecule has 1 aliphatic carbocycles. The van der Waals surface area contributed by atoms with Crippen molar-refractivity contribution in [2.24, 2.45) is 0 Å². The van der Waals surface area contributed by atoms with E-state index in [9.17, 15) is 9.18 Å². The fraction of sp³-hybridized carbons (Fsp3) is 0.300. The summed E-state index contributed by atoms with van der Waals surface area (Å²) in [7, 11) is 0. The molecule has 3 heteroatoms. The van der Waals surface area contributed by atoms with Crippen LogP contribution in [0.1, 0.15) is 34.7 Å². The Bertz CT molecular complexity index is 358. The van der Waals surface area contributed by atoms with Gasteiger partial charge >= 0.3 is 0 Å². The van der Waals surface area contributed by atoms with Crippen molar-refractivity contribution in [1.82, 2.24) is 0 Å². The first kappa shape index (κ1) is 8.70. The van der Waals surface area contributed by atoms with Gasteiger partial charge in [-0.05, 0) is 30.4 Å². The van der Waals surface area contributed by atoms with E-state index in [0.29, 0.717) is 17.8 Å². The monoisotopic (exact) mass is 198 g/mol. The van der Waals surface area contributed by atoms with Gasteiger partial charge in [-0.3, -0.25) is 4.79 Å². The maximum absolute atomic E-state index is 12.9. The van der Waals surface area contributed by atoms with Crippen LogP contribution < -0.4 is 0 Å². The summed E-state index contributed by atoms with van der Waals surface area (Å²) in [6.45, 7) is 0. The molecule has 1 aliphatic rings. The van der Waals surface area contributed by atoms with Crippen molar-refractivity contribution >= 4 is 17.9 Å². The van der Waals surface area contributed by atoms with Crippen molar-refractivity contribution in [1.29, 1.82) is 0 Å². The van der Waals surface area contributed by atoms with Gasteiger partial charge in [-0.15, -0.1) is 0 Å². The van der Waals surface area contributed by atoms with Gasteiger partial charge in [-0.1, -0.05) is 17.7 Å². The van der Waals surface area contributed by atoms with E-state index in [0.717, 1.165) is 18.4 Å². The average molecular weight is 199 g/mol. The maximum Gasteiger partial charge on any atom is 0.151 e. The van der Waals surface area contributed by atoms with E-state index in [-0.39, 0.29) is 5.02 Å². The van der Waals surface area contributed by atoms with Crippen LogP contribution in [0.5, 0.6) is 0 Å². The highest BCUT2D eigenvalue weighted by molar-refractivity contribution is 6.33. The molecule has 2 rings (SSSR count). The summed E-state index contributed by atoms with van der Waals surface area (Å²) in [6, 6.07) is 2.98.